The maximum Gasteiger partial charge on any atom is 0.253 e. The molecule has 1 aliphatic heterocycles. The van der Waals surface area contributed by atoms with E-state index in [0.29, 0.717) is 18.3 Å². The van der Waals surface area contributed by atoms with Gasteiger partial charge in [0.25, 0.3) is 5.56 Å². The summed E-state index contributed by atoms with van der Waals surface area (Å²) in [5.41, 5.74) is 3.76. The molecule has 4 rings (SSSR count). The van der Waals surface area contributed by atoms with Crippen molar-refractivity contribution in [2.24, 2.45) is 12.5 Å². The van der Waals surface area contributed by atoms with Crippen LogP contribution in [0.4, 0.5) is 0 Å². The molecule has 0 bridgehead atoms. The van der Waals surface area contributed by atoms with Crippen molar-refractivity contribution in [2.75, 3.05) is 13.1 Å². The highest BCUT2D eigenvalue weighted by atomic mass is 16.2. The molecule has 1 saturated carbocycles. The minimum Gasteiger partial charge on any atom is -0.343 e. The van der Waals surface area contributed by atoms with Crippen LogP contribution < -0.4 is 5.56 Å². The lowest BCUT2D eigenvalue weighted by Gasteiger charge is -2.39. The summed E-state index contributed by atoms with van der Waals surface area (Å²) in [6.07, 6.45) is 8.59. The molecule has 2 fully saturated rings. The number of piperidine rings is 1. The molecule has 1 saturated heterocycles. The van der Waals surface area contributed by atoms with E-state index < -0.39 is 0 Å². The molecule has 27 heavy (non-hydrogen) atoms. The Morgan fingerprint density at radius 1 is 1.15 bits per heavy atom. The number of aryl methyl sites for hydroxylation is 3. The molecule has 2 aliphatic rings. The Morgan fingerprint density at radius 3 is 2.48 bits per heavy atom. The molecule has 146 valence electrons. The quantitative estimate of drug-likeness (QED) is 0.903. The Bertz CT molecular complexity index is 924. The molecule has 0 aromatic carbocycles. The third-order valence-electron chi connectivity index (χ3n) is 6.99. The number of nitrogens with zero attached hydrogens (tertiary/aromatic N) is 3. The third kappa shape index (κ3) is 3.19. The first kappa shape index (κ1) is 18.3. The average molecular weight is 370 g/mol. The predicted octanol–water partition coefficient (Wildman–Crippen LogP) is 2.99. The zero-order valence-electron chi connectivity index (χ0n) is 16.7. The van der Waals surface area contributed by atoms with Gasteiger partial charge in [-0.1, -0.05) is 12.8 Å². The largest absolute Gasteiger partial charge is 0.343 e. The maximum absolute atomic E-state index is 12.7. The summed E-state index contributed by atoms with van der Waals surface area (Å²) in [6, 6.07) is 0. The van der Waals surface area contributed by atoms with E-state index in [2.05, 4.69) is 10.1 Å². The van der Waals surface area contributed by atoms with Crippen LogP contribution in [0.25, 0.3) is 11.0 Å². The fraction of sp³-hybridized carbons (Fsp3) is 0.667. The molecule has 1 aliphatic carbocycles. The van der Waals surface area contributed by atoms with Gasteiger partial charge < -0.3 is 9.88 Å². The number of hydrogen-bond donors (Lipinski definition) is 1. The van der Waals surface area contributed by atoms with Crippen LogP contribution >= 0.6 is 0 Å². The fourth-order valence-electron chi connectivity index (χ4n) is 5.30. The summed E-state index contributed by atoms with van der Waals surface area (Å²) in [4.78, 5) is 30.2. The number of aromatic amines is 1. The molecular formula is C21H30N4O2. The van der Waals surface area contributed by atoms with E-state index in [4.69, 9.17) is 0 Å². The molecule has 0 radical (unpaired) electrons. The van der Waals surface area contributed by atoms with Gasteiger partial charge in [0.2, 0.25) is 5.91 Å². The highest BCUT2D eigenvalue weighted by Crippen LogP contribution is 2.46. The van der Waals surface area contributed by atoms with Crippen LogP contribution in [-0.4, -0.2) is 38.7 Å². The standard InChI is InChI=1S/C21H30N4O2/c1-14-16(20(27)22-19-18(14)15(2)23-24(19)3)6-7-17(26)25-12-10-21(11-13-25)8-4-5-9-21/h4-13H2,1-3H3,(H,22,27). The van der Waals surface area contributed by atoms with Gasteiger partial charge in [0, 0.05) is 37.5 Å². The number of hydrogen-bond acceptors (Lipinski definition) is 3. The molecule has 0 unspecified atom stereocenters. The van der Waals surface area contributed by atoms with Crippen LogP contribution in [0.3, 0.4) is 0 Å². The van der Waals surface area contributed by atoms with Crippen LogP contribution in [0.15, 0.2) is 4.79 Å². The van der Waals surface area contributed by atoms with Crippen LogP contribution in [0, 0.1) is 19.3 Å². The number of fused-ring (bicyclic) bond motifs is 1. The van der Waals surface area contributed by atoms with E-state index >= 15 is 0 Å². The smallest absolute Gasteiger partial charge is 0.253 e. The lowest BCUT2D eigenvalue weighted by molar-refractivity contribution is -0.133. The highest BCUT2D eigenvalue weighted by Gasteiger charge is 2.37. The van der Waals surface area contributed by atoms with Crippen molar-refractivity contribution in [1.29, 1.82) is 0 Å². The van der Waals surface area contributed by atoms with Gasteiger partial charge in [-0.05, 0) is 56.9 Å². The monoisotopic (exact) mass is 370 g/mol. The summed E-state index contributed by atoms with van der Waals surface area (Å²) >= 11 is 0. The number of H-pyrrole nitrogens is 1. The first-order valence-electron chi connectivity index (χ1n) is 10.2. The maximum atomic E-state index is 12.7. The second kappa shape index (κ2) is 6.80. The predicted molar refractivity (Wildman–Crippen MR) is 106 cm³/mol. The minimum absolute atomic E-state index is 0.0978. The lowest BCUT2D eigenvalue weighted by atomic mass is 9.77. The first-order valence-corrected chi connectivity index (χ1v) is 10.2. The lowest BCUT2D eigenvalue weighted by Crippen LogP contribution is -2.42. The van der Waals surface area contributed by atoms with Crippen molar-refractivity contribution in [3.8, 4) is 0 Å². The van der Waals surface area contributed by atoms with Gasteiger partial charge in [-0.15, -0.1) is 0 Å². The van der Waals surface area contributed by atoms with Crippen LogP contribution in [0.1, 0.15) is 61.8 Å². The molecule has 1 spiro atoms. The van der Waals surface area contributed by atoms with Gasteiger partial charge in [0.05, 0.1) is 5.69 Å². The van der Waals surface area contributed by atoms with Crippen molar-refractivity contribution in [3.63, 3.8) is 0 Å². The van der Waals surface area contributed by atoms with Crippen molar-refractivity contribution >= 4 is 16.9 Å². The van der Waals surface area contributed by atoms with E-state index in [-0.39, 0.29) is 11.5 Å². The number of amides is 1. The zero-order chi connectivity index (χ0) is 19.2. The molecule has 0 atom stereocenters. The Balaban J connectivity index is 1.45. The second-order valence-corrected chi connectivity index (χ2v) is 8.58. The van der Waals surface area contributed by atoms with Crippen LogP contribution in [0.5, 0.6) is 0 Å². The van der Waals surface area contributed by atoms with E-state index in [1.807, 2.05) is 25.8 Å². The van der Waals surface area contributed by atoms with Crippen molar-refractivity contribution in [1.82, 2.24) is 19.7 Å². The average Bonchev–Trinajstić information content (AvgIpc) is 3.20. The van der Waals surface area contributed by atoms with Gasteiger partial charge in [-0.3, -0.25) is 14.3 Å². The summed E-state index contributed by atoms with van der Waals surface area (Å²) in [5.74, 6) is 0.185. The number of likely N-dealkylation sites (tertiary alicyclic amines) is 1. The van der Waals surface area contributed by atoms with E-state index in [0.717, 1.165) is 53.8 Å². The summed E-state index contributed by atoms with van der Waals surface area (Å²) in [6.45, 7) is 5.69. The number of carbonyl (C=O) groups is 1. The molecule has 6 heteroatoms. The molecule has 1 N–H and O–H groups in total. The fourth-order valence-corrected chi connectivity index (χ4v) is 5.30. The van der Waals surface area contributed by atoms with Gasteiger partial charge in [-0.2, -0.15) is 5.10 Å². The van der Waals surface area contributed by atoms with Gasteiger partial charge in [0.15, 0.2) is 0 Å². The number of pyridine rings is 1. The van der Waals surface area contributed by atoms with Gasteiger partial charge >= 0.3 is 0 Å². The van der Waals surface area contributed by atoms with E-state index in [9.17, 15) is 9.59 Å². The van der Waals surface area contributed by atoms with E-state index in [1.54, 1.807) is 4.68 Å². The number of aromatic nitrogens is 3. The van der Waals surface area contributed by atoms with Crippen LogP contribution in [0.2, 0.25) is 0 Å². The number of carbonyl (C=O) groups excluding carboxylic acids is 1. The Labute approximate surface area is 159 Å². The molecule has 2 aromatic heterocycles. The summed E-state index contributed by atoms with van der Waals surface area (Å²) in [5, 5.41) is 5.41. The van der Waals surface area contributed by atoms with Crippen molar-refractivity contribution in [2.45, 2.75) is 65.2 Å². The molecular weight excluding hydrogens is 340 g/mol. The Kier molecular flexibility index (Phi) is 4.60. The Hall–Kier alpha value is -2.11. The molecule has 6 nitrogen and oxygen atoms in total. The highest BCUT2D eigenvalue weighted by molar-refractivity contribution is 5.83. The first-order chi connectivity index (χ1) is 12.9. The van der Waals surface area contributed by atoms with Crippen molar-refractivity contribution in [3.05, 3.63) is 27.2 Å². The molecule has 3 heterocycles. The van der Waals surface area contributed by atoms with Gasteiger partial charge in [0.1, 0.15) is 5.65 Å². The third-order valence-corrected chi connectivity index (χ3v) is 6.99. The normalized spacial score (nSPS) is 19.3. The molecule has 2 aromatic rings. The number of nitrogens with one attached hydrogen (secondary N) is 1. The Morgan fingerprint density at radius 2 is 1.81 bits per heavy atom. The topological polar surface area (TPSA) is 71.0 Å². The zero-order valence-corrected chi connectivity index (χ0v) is 16.7. The summed E-state index contributed by atoms with van der Waals surface area (Å²) in [7, 11) is 1.83. The van der Waals surface area contributed by atoms with E-state index in [1.165, 1.54) is 25.7 Å². The van der Waals surface area contributed by atoms with Crippen molar-refractivity contribution < 1.29 is 4.79 Å². The van der Waals surface area contributed by atoms with Gasteiger partial charge in [-0.25, -0.2) is 0 Å². The second-order valence-electron chi connectivity index (χ2n) is 8.58. The summed E-state index contributed by atoms with van der Waals surface area (Å²) < 4.78 is 1.71. The SMILES string of the molecule is Cc1nn(C)c2[nH]c(=O)c(CCC(=O)N3CCC4(CCCC4)CC3)c(C)c12. The van der Waals surface area contributed by atoms with Crippen LogP contribution in [-0.2, 0) is 18.3 Å². The molecule has 1 amide bonds. The number of rotatable bonds is 3. The minimum atomic E-state index is -0.0978.